The number of rotatable bonds is 12. The zero-order valence-corrected chi connectivity index (χ0v) is 38.4. The van der Waals surface area contributed by atoms with Gasteiger partial charge in [0.15, 0.2) is 0 Å². The van der Waals surface area contributed by atoms with Gasteiger partial charge in [0, 0.05) is 16.6 Å². The van der Waals surface area contributed by atoms with Crippen LogP contribution >= 0.6 is 72.0 Å². The van der Waals surface area contributed by atoms with E-state index in [0.717, 1.165) is 37.1 Å². The summed E-state index contributed by atoms with van der Waals surface area (Å²) in [6, 6.07) is 25.8. The Hall–Kier alpha value is -2.62. The third kappa shape index (κ3) is 21.2. The number of nitrogens with one attached hydrogen (secondary N) is 4. The molecule has 0 fully saturated rings. The van der Waals surface area contributed by atoms with Crippen molar-refractivity contribution in [3.8, 4) is 11.5 Å². The SMILES string of the molecule is Br.COc1cccc(CNC(=O)c2ccc(Br)cc2CO)c1.COc1cccc(CNC(=O)c2ccc(Br)cc2C[Se]C(=N)N)c1.ClCCl.N=C(N)[Se]. The van der Waals surface area contributed by atoms with Crippen LogP contribution in [0.2, 0.25) is 0 Å². The van der Waals surface area contributed by atoms with Gasteiger partial charge in [-0.1, -0.05) is 28.1 Å². The number of carbonyl (C=O) groups is 2. The van der Waals surface area contributed by atoms with Crippen LogP contribution < -0.4 is 31.6 Å². The summed E-state index contributed by atoms with van der Waals surface area (Å²) in [6.07, 6.45) is 0. The molecule has 287 valence electrons. The number of alkyl halides is 2. The standard InChI is InChI=1S/C17H18BrN3O2Se.C16H16BrNO3.CH2Cl2.CH3N2Se.BrH/c1-23-14-4-2-3-11(7-14)9-21-16(22)15-6-5-13(18)8-12(15)10-24-17(19)20;1-21-14-4-2-3-11(7-14)9-18-16(20)15-6-5-13(17)8-12(15)10-19;2-1-3;2-1(3)4;/h2-8H,9-10H2,1H3,(H3,19,20)(H,21,22);2-8,19H,9-10H2,1H3,(H,18,20);1H2;(H3,2,3);1H. The average Bonchev–Trinajstić information content (AvgIpc) is 3.12. The summed E-state index contributed by atoms with van der Waals surface area (Å²) in [6.45, 7) is 0.641. The molecule has 0 unspecified atom stereocenters. The van der Waals surface area contributed by atoms with Crippen LogP contribution in [-0.4, -0.2) is 76.9 Å². The second kappa shape index (κ2) is 28.8. The van der Waals surface area contributed by atoms with Gasteiger partial charge in [0.1, 0.15) is 5.75 Å². The Morgan fingerprint density at radius 3 is 1.57 bits per heavy atom. The molecule has 0 aliphatic heterocycles. The summed E-state index contributed by atoms with van der Waals surface area (Å²) in [5.41, 5.74) is 14.6. The van der Waals surface area contributed by atoms with Gasteiger partial charge in [0.25, 0.3) is 5.91 Å². The maximum absolute atomic E-state index is 12.5. The van der Waals surface area contributed by atoms with E-state index in [9.17, 15) is 14.7 Å². The summed E-state index contributed by atoms with van der Waals surface area (Å²) in [7, 11) is 3.22. The first-order valence-electron chi connectivity index (χ1n) is 14.9. The number of hydrogen-bond acceptors (Lipinski definition) is 7. The van der Waals surface area contributed by atoms with Crippen molar-refractivity contribution < 1.29 is 24.2 Å². The number of ether oxygens (including phenoxy) is 2. The normalized spacial score (nSPS) is 9.49. The van der Waals surface area contributed by atoms with Crippen LogP contribution in [0.5, 0.6) is 11.5 Å². The molecule has 4 rings (SSSR count). The van der Waals surface area contributed by atoms with Crippen molar-refractivity contribution in [2.75, 3.05) is 19.6 Å². The van der Waals surface area contributed by atoms with Crippen molar-refractivity contribution in [3.63, 3.8) is 0 Å². The molecule has 4 aromatic rings. The summed E-state index contributed by atoms with van der Waals surface area (Å²) in [5.74, 6) is 1.16. The Balaban J connectivity index is 0.000000858. The van der Waals surface area contributed by atoms with E-state index in [1.165, 1.54) is 0 Å². The van der Waals surface area contributed by atoms with Crippen LogP contribution in [0, 0.1) is 10.8 Å². The molecular formula is C35H40Br3Cl2N6O5Se2. The quantitative estimate of drug-likeness (QED) is 0.0368. The fourth-order valence-corrected chi connectivity index (χ4v) is 6.06. The van der Waals surface area contributed by atoms with Crippen molar-refractivity contribution >= 4 is 124 Å². The molecule has 4 aromatic carbocycles. The van der Waals surface area contributed by atoms with Gasteiger partial charge in [-0.25, -0.2) is 0 Å². The number of benzene rings is 4. The first-order chi connectivity index (χ1) is 24.8. The molecule has 1 radical (unpaired) electrons. The minimum absolute atomic E-state index is 0. The number of halogens is 5. The fourth-order valence-electron chi connectivity index (χ4n) is 4.09. The number of aliphatic hydroxyl groups is 1. The molecule has 0 saturated heterocycles. The average molecular weight is 1090 g/mol. The van der Waals surface area contributed by atoms with Gasteiger partial charge in [0.05, 0.1) is 19.1 Å². The Labute approximate surface area is 361 Å². The Morgan fingerprint density at radius 1 is 0.792 bits per heavy atom. The molecule has 18 heteroatoms. The first-order valence-corrected chi connectivity index (χ1v) is 20.5. The molecule has 0 aliphatic carbocycles. The second-order valence-electron chi connectivity index (χ2n) is 9.95. The second-order valence-corrected chi connectivity index (χ2v) is 15.6. The molecule has 2 amide bonds. The molecule has 0 aromatic heterocycles. The number of aliphatic hydroxyl groups excluding tert-OH is 1. The van der Waals surface area contributed by atoms with E-state index in [1.807, 2.05) is 60.7 Å². The maximum atomic E-state index is 12.5. The Morgan fingerprint density at radius 2 is 1.19 bits per heavy atom. The number of amidine groups is 2. The third-order valence-corrected chi connectivity index (χ3v) is 8.95. The predicted octanol–water partition coefficient (Wildman–Crippen LogP) is 6.41. The first kappa shape index (κ1) is 50.4. The predicted molar refractivity (Wildman–Crippen MR) is 228 cm³/mol. The zero-order valence-electron chi connectivity index (χ0n) is 28.6. The molecule has 9 N–H and O–H groups in total. The third-order valence-electron chi connectivity index (χ3n) is 6.35. The van der Waals surface area contributed by atoms with Gasteiger partial charge in [-0.15, -0.1) is 40.2 Å². The molecule has 0 saturated carbocycles. The van der Waals surface area contributed by atoms with E-state index >= 15 is 0 Å². The molecule has 0 atom stereocenters. The van der Waals surface area contributed by atoms with Crippen LogP contribution in [-0.2, 0) is 25.0 Å². The molecule has 0 bridgehead atoms. The van der Waals surface area contributed by atoms with E-state index in [-0.39, 0.29) is 65.2 Å². The van der Waals surface area contributed by atoms with Crippen molar-refractivity contribution in [2.45, 2.75) is 25.0 Å². The van der Waals surface area contributed by atoms with Crippen molar-refractivity contribution in [3.05, 3.63) is 127 Å². The van der Waals surface area contributed by atoms with Crippen LogP contribution in [0.4, 0.5) is 0 Å². The summed E-state index contributed by atoms with van der Waals surface area (Å²) < 4.78 is 12.3. The van der Waals surface area contributed by atoms with Crippen molar-refractivity contribution in [2.24, 2.45) is 11.5 Å². The Kier molecular flexibility index (Phi) is 27.3. The zero-order chi connectivity index (χ0) is 39.1. The van der Waals surface area contributed by atoms with Gasteiger partial charge in [0.2, 0.25) is 0 Å². The van der Waals surface area contributed by atoms with Crippen LogP contribution in [0.3, 0.4) is 0 Å². The van der Waals surface area contributed by atoms with E-state index < -0.39 is 0 Å². The molecule has 0 heterocycles. The molecule has 0 aliphatic rings. The topological polar surface area (TPSA) is 197 Å². The van der Waals surface area contributed by atoms with Crippen LogP contribution in [0.1, 0.15) is 43.0 Å². The number of carbonyl (C=O) groups excluding carboxylic acids is 2. The van der Waals surface area contributed by atoms with E-state index in [2.05, 4.69) is 64.2 Å². The number of methoxy groups -OCH3 is 2. The van der Waals surface area contributed by atoms with Crippen molar-refractivity contribution in [1.82, 2.24) is 10.6 Å². The van der Waals surface area contributed by atoms with Crippen molar-refractivity contribution in [1.29, 1.82) is 10.8 Å². The fraction of sp³-hybridized carbons (Fsp3) is 0.200. The van der Waals surface area contributed by atoms with E-state index in [4.69, 9.17) is 49.2 Å². The van der Waals surface area contributed by atoms with Crippen LogP contribution in [0.15, 0.2) is 93.9 Å². The van der Waals surface area contributed by atoms with Crippen LogP contribution in [0.25, 0.3) is 0 Å². The minimum atomic E-state index is -0.214. The number of amides is 2. The molecular weight excluding hydrogens is 1050 g/mol. The number of hydrogen-bond donors (Lipinski definition) is 7. The number of nitrogens with two attached hydrogens (primary N) is 2. The van der Waals surface area contributed by atoms with Gasteiger partial charge < -0.3 is 15.2 Å². The molecule has 11 nitrogen and oxygen atoms in total. The van der Waals surface area contributed by atoms with Gasteiger partial charge in [-0.3, -0.25) is 4.79 Å². The molecule has 0 spiro atoms. The van der Waals surface area contributed by atoms with Gasteiger partial charge in [-0.05, 0) is 41.5 Å². The monoisotopic (exact) mass is 1090 g/mol. The van der Waals surface area contributed by atoms with Gasteiger partial charge >= 0.3 is 188 Å². The summed E-state index contributed by atoms with van der Waals surface area (Å²) in [4.78, 5) is 24.7. The molecule has 53 heavy (non-hydrogen) atoms. The Bertz CT molecular complexity index is 1780. The van der Waals surface area contributed by atoms with Gasteiger partial charge in [-0.2, -0.15) is 0 Å². The summed E-state index contributed by atoms with van der Waals surface area (Å²) in [5, 5.41) is 29.5. The van der Waals surface area contributed by atoms with E-state index in [1.54, 1.807) is 38.5 Å². The summed E-state index contributed by atoms with van der Waals surface area (Å²) >= 11 is 18.4. The van der Waals surface area contributed by atoms with E-state index in [0.29, 0.717) is 35.1 Å².